The number of halogens is 1. The van der Waals surface area contributed by atoms with E-state index in [1.54, 1.807) is 18.2 Å². The van der Waals surface area contributed by atoms with Crippen LogP contribution in [0.2, 0.25) is 5.02 Å². The number of nitrogens with zero attached hydrogens (tertiary/aromatic N) is 2. The van der Waals surface area contributed by atoms with Crippen molar-refractivity contribution in [1.82, 2.24) is 4.90 Å². The molecule has 0 aliphatic carbocycles. The Labute approximate surface area is 170 Å². The van der Waals surface area contributed by atoms with Crippen LogP contribution in [0.3, 0.4) is 0 Å². The van der Waals surface area contributed by atoms with Gasteiger partial charge >= 0.3 is 0 Å². The molecule has 0 aromatic heterocycles. The maximum absolute atomic E-state index is 12.2. The summed E-state index contributed by atoms with van der Waals surface area (Å²) in [5.74, 6) is 0.000990. The summed E-state index contributed by atoms with van der Waals surface area (Å²) in [6.07, 6.45) is 0.457. The Morgan fingerprint density at radius 1 is 1.21 bits per heavy atom. The largest absolute Gasteiger partial charge is 0.380 e. The van der Waals surface area contributed by atoms with Gasteiger partial charge in [0.1, 0.15) is 6.07 Å². The van der Waals surface area contributed by atoms with Crippen LogP contribution < -0.4 is 10.6 Å². The molecular formula is C21H23ClN4O2. The maximum atomic E-state index is 12.2. The van der Waals surface area contributed by atoms with E-state index in [-0.39, 0.29) is 5.91 Å². The first kappa shape index (κ1) is 20.2. The minimum Gasteiger partial charge on any atom is -0.380 e. The third-order valence-corrected chi connectivity index (χ3v) is 4.79. The summed E-state index contributed by atoms with van der Waals surface area (Å²) in [7, 11) is 0. The number of hydrogen-bond acceptors (Lipinski definition) is 5. The lowest BCUT2D eigenvalue weighted by Gasteiger charge is -2.26. The topological polar surface area (TPSA) is 77.4 Å². The number of carbonyl (C=O) groups excluding carboxylic acids is 1. The minimum atomic E-state index is 0.000990. The van der Waals surface area contributed by atoms with Gasteiger partial charge in [-0.2, -0.15) is 5.26 Å². The van der Waals surface area contributed by atoms with Crippen LogP contribution in [0.5, 0.6) is 0 Å². The van der Waals surface area contributed by atoms with Gasteiger partial charge in [0.2, 0.25) is 5.91 Å². The molecule has 3 rings (SSSR count). The highest BCUT2D eigenvalue weighted by Gasteiger charge is 2.12. The highest BCUT2D eigenvalue weighted by molar-refractivity contribution is 6.30. The van der Waals surface area contributed by atoms with E-state index in [2.05, 4.69) is 21.6 Å². The molecule has 1 aliphatic heterocycles. The predicted octanol–water partition coefficient (Wildman–Crippen LogP) is 3.48. The Morgan fingerprint density at radius 3 is 2.82 bits per heavy atom. The summed E-state index contributed by atoms with van der Waals surface area (Å²) in [4.78, 5) is 14.5. The van der Waals surface area contributed by atoms with Gasteiger partial charge in [-0.15, -0.1) is 0 Å². The van der Waals surface area contributed by atoms with Crippen LogP contribution in [0, 0.1) is 11.3 Å². The second-order valence-electron chi connectivity index (χ2n) is 6.61. The summed E-state index contributed by atoms with van der Waals surface area (Å²) in [6.45, 7) is 4.50. The molecule has 1 aliphatic rings. The summed E-state index contributed by atoms with van der Waals surface area (Å²) in [6, 6.07) is 15.0. The van der Waals surface area contributed by atoms with E-state index in [0.717, 1.165) is 49.8 Å². The summed E-state index contributed by atoms with van der Waals surface area (Å²) in [5.41, 5.74) is 3.00. The van der Waals surface area contributed by atoms with Crippen molar-refractivity contribution in [2.24, 2.45) is 0 Å². The molecule has 0 saturated carbocycles. The molecule has 1 saturated heterocycles. The fourth-order valence-corrected chi connectivity index (χ4v) is 3.20. The van der Waals surface area contributed by atoms with Crippen molar-refractivity contribution in [3.63, 3.8) is 0 Å². The number of benzene rings is 2. The highest BCUT2D eigenvalue weighted by atomic mass is 35.5. The van der Waals surface area contributed by atoms with Gasteiger partial charge in [0.15, 0.2) is 0 Å². The number of ether oxygens (including phenoxy) is 1. The van der Waals surface area contributed by atoms with Crippen LogP contribution in [-0.2, 0) is 16.1 Å². The molecule has 0 bridgehead atoms. The van der Waals surface area contributed by atoms with E-state index >= 15 is 0 Å². The third-order valence-electron chi connectivity index (χ3n) is 4.55. The monoisotopic (exact) mass is 398 g/mol. The number of morpholine rings is 1. The van der Waals surface area contributed by atoms with Crippen LogP contribution in [0.1, 0.15) is 17.5 Å². The average Bonchev–Trinajstić information content (AvgIpc) is 2.72. The molecule has 2 N–H and O–H groups in total. The van der Waals surface area contributed by atoms with Crippen molar-refractivity contribution in [2.45, 2.75) is 13.0 Å². The maximum Gasteiger partial charge on any atom is 0.225 e. The molecule has 6 nitrogen and oxygen atoms in total. The zero-order valence-corrected chi connectivity index (χ0v) is 16.3. The number of hydrogen-bond donors (Lipinski definition) is 2. The molecule has 0 spiro atoms. The number of nitrogens with one attached hydrogen (secondary N) is 2. The molecule has 1 heterocycles. The van der Waals surface area contributed by atoms with Gasteiger partial charge in [-0.1, -0.05) is 23.7 Å². The number of carbonyl (C=O) groups is 1. The minimum absolute atomic E-state index is 0.000990. The molecule has 7 heteroatoms. The Morgan fingerprint density at radius 2 is 2.04 bits per heavy atom. The van der Waals surface area contributed by atoms with E-state index < -0.39 is 0 Å². The van der Waals surface area contributed by atoms with Crippen LogP contribution in [-0.4, -0.2) is 43.7 Å². The first-order valence-electron chi connectivity index (χ1n) is 9.26. The van der Waals surface area contributed by atoms with Crippen LogP contribution >= 0.6 is 11.6 Å². The van der Waals surface area contributed by atoms with E-state index in [0.29, 0.717) is 23.6 Å². The zero-order valence-electron chi connectivity index (χ0n) is 15.6. The number of anilines is 2. The molecule has 1 amide bonds. The number of nitriles is 1. The number of rotatable bonds is 7. The van der Waals surface area contributed by atoms with Gasteiger partial charge in [0.05, 0.1) is 24.5 Å². The van der Waals surface area contributed by atoms with Crippen molar-refractivity contribution in [2.75, 3.05) is 43.5 Å². The van der Waals surface area contributed by atoms with Gasteiger partial charge in [-0.25, -0.2) is 0 Å². The highest BCUT2D eigenvalue weighted by Crippen LogP contribution is 2.21. The lowest BCUT2D eigenvalue weighted by molar-refractivity contribution is -0.116. The Bertz CT molecular complexity index is 860. The first-order chi connectivity index (χ1) is 13.6. The summed E-state index contributed by atoms with van der Waals surface area (Å²) in [5, 5.41) is 16.0. The smallest absolute Gasteiger partial charge is 0.225 e. The Hall–Kier alpha value is -2.59. The molecule has 2 aromatic carbocycles. The molecule has 146 valence electrons. The van der Waals surface area contributed by atoms with Crippen molar-refractivity contribution < 1.29 is 9.53 Å². The van der Waals surface area contributed by atoms with Gasteiger partial charge in [0, 0.05) is 43.3 Å². The van der Waals surface area contributed by atoms with E-state index in [4.69, 9.17) is 16.3 Å². The normalized spacial score (nSPS) is 14.3. The molecular weight excluding hydrogens is 376 g/mol. The molecule has 28 heavy (non-hydrogen) atoms. The van der Waals surface area contributed by atoms with Gasteiger partial charge < -0.3 is 15.4 Å². The van der Waals surface area contributed by atoms with Gasteiger partial charge in [-0.05, 0) is 35.9 Å². The second kappa shape index (κ2) is 10.1. The molecule has 2 aromatic rings. The fourth-order valence-electron chi connectivity index (χ4n) is 3.03. The van der Waals surface area contributed by atoms with Crippen LogP contribution in [0.25, 0.3) is 0 Å². The van der Waals surface area contributed by atoms with E-state index in [1.165, 1.54) is 0 Å². The standard InChI is InChI=1S/C21H23ClN4O2/c22-18-4-5-20(17(13-18)14-23)24-15-16-2-1-3-19(12-16)25-21(27)6-7-26-8-10-28-11-9-26/h1-5,12-13,24H,6-11,15H2,(H,25,27). The Kier molecular flexibility index (Phi) is 7.26. The quantitative estimate of drug-likeness (QED) is 0.746. The van der Waals surface area contributed by atoms with E-state index in [9.17, 15) is 10.1 Å². The summed E-state index contributed by atoms with van der Waals surface area (Å²) >= 11 is 5.93. The van der Waals surface area contributed by atoms with Crippen LogP contribution in [0.15, 0.2) is 42.5 Å². The third kappa shape index (κ3) is 5.96. The molecule has 0 radical (unpaired) electrons. The van der Waals surface area contributed by atoms with Crippen molar-refractivity contribution in [3.8, 4) is 6.07 Å². The molecule has 0 atom stereocenters. The van der Waals surface area contributed by atoms with E-state index in [1.807, 2.05) is 24.3 Å². The van der Waals surface area contributed by atoms with Crippen molar-refractivity contribution >= 4 is 28.9 Å². The molecule has 1 fully saturated rings. The predicted molar refractivity (Wildman–Crippen MR) is 110 cm³/mol. The van der Waals surface area contributed by atoms with Gasteiger partial charge in [0.25, 0.3) is 0 Å². The first-order valence-corrected chi connectivity index (χ1v) is 9.64. The second-order valence-corrected chi connectivity index (χ2v) is 7.04. The van der Waals surface area contributed by atoms with Crippen molar-refractivity contribution in [3.05, 3.63) is 58.6 Å². The number of amides is 1. The summed E-state index contributed by atoms with van der Waals surface area (Å²) < 4.78 is 5.32. The lowest BCUT2D eigenvalue weighted by atomic mass is 10.1. The SMILES string of the molecule is N#Cc1cc(Cl)ccc1NCc1cccc(NC(=O)CCN2CCOCC2)c1. The molecule has 0 unspecified atom stereocenters. The van der Waals surface area contributed by atoms with Gasteiger partial charge in [-0.3, -0.25) is 9.69 Å². The van der Waals surface area contributed by atoms with Crippen molar-refractivity contribution in [1.29, 1.82) is 5.26 Å². The fraction of sp³-hybridized carbons (Fsp3) is 0.333. The zero-order chi connectivity index (χ0) is 19.8. The average molecular weight is 399 g/mol. The van der Waals surface area contributed by atoms with Crippen LogP contribution in [0.4, 0.5) is 11.4 Å². The lowest BCUT2D eigenvalue weighted by Crippen LogP contribution is -2.38. The Balaban J connectivity index is 1.52.